The van der Waals surface area contributed by atoms with Crippen LogP contribution in [0.2, 0.25) is 10.0 Å². The van der Waals surface area contributed by atoms with Crippen LogP contribution in [-0.4, -0.2) is 23.2 Å². The Balaban J connectivity index is 1.59. The number of ether oxygens (including phenoxy) is 2. The van der Waals surface area contributed by atoms with Gasteiger partial charge in [0, 0.05) is 21.2 Å². The van der Waals surface area contributed by atoms with Gasteiger partial charge in [0.2, 0.25) is 0 Å². The lowest BCUT2D eigenvalue weighted by molar-refractivity contribution is -0.123. The lowest BCUT2D eigenvalue weighted by atomic mass is 10.1. The topological polar surface area (TPSA) is 55.8 Å². The zero-order chi connectivity index (χ0) is 24.2. The van der Waals surface area contributed by atoms with Crippen LogP contribution in [0.15, 0.2) is 65.6 Å². The van der Waals surface area contributed by atoms with Crippen molar-refractivity contribution in [2.45, 2.75) is 13.2 Å². The molecule has 0 spiro atoms. The quantitative estimate of drug-likeness (QED) is 0.317. The largest absolute Gasteiger partial charge is 0.493 e. The monoisotopic (exact) mass is 517 g/mol. The maximum absolute atomic E-state index is 13.2. The number of methoxy groups -OCH3 is 1. The fraction of sp³-hybridized carbons (Fsp3) is 0.120. The maximum atomic E-state index is 13.2. The van der Waals surface area contributed by atoms with Gasteiger partial charge in [-0.3, -0.25) is 14.5 Å². The summed E-state index contributed by atoms with van der Waals surface area (Å²) in [6.07, 6.45) is 1.59. The number of rotatable bonds is 7. The van der Waals surface area contributed by atoms with Gasteiger partial charge in [0.1, 0.15) is 12.4 Å². The van der Waals surface area contributed by atoms with Crippen LogP contribution in [0.25, 0.3) is 6.08 Å². The number of nitrogens with zero attached hydrogens (tertiary/aromatic N) is 1. The Hall–Kier alpha value is -3.00. The van der Waals surface area contributed by atoms with Gasteiger partial charge in [-0.05, 0) is 53.7 Å². The molecule has 174 valence electrons. The van der Waals surface area contributed by atoms with Crippen LogP contribution >= 0.6 is 35.0 Å². The van der Waals surface area contributed by atoms with Crippen molar-refractivity contribution in [2.75, 3.05) is 7.11 Å². The van der Waals surface area contributed by atoms with E-state index in [1.54, 1.807) is 42.5 Å². The summed E-state index contributed by atoms with van der Waals surface area (Å²) in [4.78, 5) is 26.8. The van der Waals surface area contributed by atoms with E-state index in [4.69, 9.17) is 32.7 Å². The van der Waals surface area contributed by atoms with E-state index in [0.29, 0.717) is 32.7 Å². The molecule has 1 aliphatic rings. The Bertz CT molecular complexity index is 1280. The van der Waals surface area contributed by atoms with Crippen molar-refractivity contribution < 1.29 is 23.5 Å². The lowest BCUT2D eigenvalue weighted by Crippen LogP contribution is -2.27. The van der Waals surface area contributed by atoms with Gasteiger partial charge < -0.3 is 9.47 Å². The average molecular weight is 518 g/mol. The summed E-state index contributed by atoms with van der Waals surface area (Å²) in [5.74, 6) is 0.0443. The fourth-order valence-corrected chi connectivity index (χ4v) is 4.59. The van der Waals surface area contributed by atoms with Crippen LogP contribution in [0.5, 0.6) is 11.5 Å². The highest BCUT2D eigenvalue weighted by Gasteiger charge is 2.35. The molecule has 4 rings (SSSR count). The number of carbonyl (C=O) groups is 2. The number of imide groups is 1. The van der Waals surface area contributed by atoms with E-state index in [1.807, 2.05) is 0 Å². The molecule has 0 bridgehead atoms. The molecule has 1 fully saturated rings. The number of thioether (sulfide) groups is 1. The standard InChI is InChI=1S/C25H18Cl2FNO4S/c1-32-21-4-2-3-16(23(21)33-14-17-7-8-18(26)12-20(17)27)11-22-24(30)29(25(31)34-22)13-15-5-9-19(28)10-6-15/h2-12H,13-14H2,1H3/b22-11+. The van der Waals surface area contributed by atoms with Crippen molar-refractivity contribution >= 4 is 52.2 Å². The molecule has 1 heterocycles. The molecule has 9 heteroatoms. The Morgan fingerprint density at radius 2 is 1.82 bits per heavy atom. The van der Waals surface area contributed by atoms with Gasteiger partial charge in [-0.1, -0.05) is 53.5 Å². The molecule has 0 atom stereocenters. The third kappa shape index (κ3) is 5.38. The molecule has 3 aromatic rings. The maximum Gasteiger partial charge on any atom is 0.293 e. The number of amides is 2. The van der Waals surface area contributed by atoms with Gasteiger partial charge in [0.25, 0.3) is 11.1 Å². The van der Waals surface area contributed by atoms with Crippen LogP contribution in [-0.2, 0) is 17.9 Å². The first kappa shape index (κ1) is 24.1. The highest BCUT2D eigenvalue weighted by Crippen LogP contribution is 2.38. The number of halogens is 3. The van der Waals surface area contributed by atoms with E-state index in [9.17, 15) is 14.0 Å². The van der Waals surface area contributed by atoms with Crippen LogP contribution < -0.4 is 9.47 Å². The minimum atomic E-state index is -0.436. The second-order valence-corrected chi connectivity index (χ2v) is 9.13. The zero-order valence-electron chi connectivity index (χ0n) is 17.9. The second-order valence-electron chi connectivity index (χ2n) is 7.30. The predicted octanol–water partition coefficient (Wildman–Crippen LogP) is 6.96. The molecule has 0 saturated carbocycles. The van der Waals surface area contributed by atoms with Crippen molar-refractivity contribution in [1.29, 1.82) is 0 Å². The summed E-state index contributed by atoms with van der Waals surface area (Å²) in [5, 5.41) is 0.577. The Morgan fingerprint density at radius 3 is 2.53 bits per heavy atom. The van der Waals surface area contributed by atoms with Gasteiger partial charge in [-0.15, -0.1) is 0 Å². The third-order valence-corrected chi connectivity index (χ3v) is 6.52. The second kappa shape index (κ2) is 10.5. The van der Waals surface area contributed by atoms with Crippen molar-refractivity contribution in [3.8, 4) is 11.5 Å². The van der Waals surface area contributed by atoms with E-state index in [0.717, 1.165) is 22.2 Å². The molecular formula is C25H18Cl2FNO4S. The van der Waals surface area contributed by atoms with E-state index in [-0.39, 0.29) is 23.9 Å². The van der Waals surface area contributed by atoms with Crippen molar-refractivity contribution in [2.24, 2.45) is 0 Å². The van der Waals surface area contributed by atoms with Gasteiger partial charge >= 0.3 is 0 Å². The molecule has 0 aromatic heterocycles. The zero-order valence-corrected chi connectivity index (χ0v) is 20.2. The summed E-state index contributed by atoms with van der Waals surface area (Å²) in [5.41, 5.74) is 1.94. The fourth-order valence-electron chi connectivity index (χ4n) is 3.30. The molecule has 34 heavy (non-hydrogen) atoms. The third-order valence-electron chi connectivity index (χ3n) is 5.03. The summed E-state index contributed by atoms with van der Waals surface area (Å²) in [6.45, 7) is 0.197. The number of benzene rings is 3. The first-order valence-electron chi connectivity index (χ1n) is 10.1. The number of carbonyl (C=O) groups excluding carboxylic acids is 2. The number of hydrogen-bond acceptors (Lipinski definition) is 5. The highest BCUT2D eigenvalue weighted by molar-refractivity contribution is 8.18. The van der Waals surface area contributed by atoms with Crippen molar-refractivity contribution in [3.05, 3.63) is 98.1 Å². The van der Waals surface area contributed by atoms with Crippen LogP contribution in [0.1, 0.15) is 16.7 Å². The van der Waals surface area contributed by atoms with Gasteiger partial charge in [-0.25, -0.2) is 4.39 Å². The van der Waals surface area contributed by atoms with Crippen molar-refractivity contribution in [1.82, 2.24) is 4.90 Å². The molecule has 1 aliphatic heterocycles. The molecule has 1 saturated heterocycles. The van der Waals surface area contributed by atoms with E-state index < -0.39 is 11.1 Å². The smallest absolute Gasteiger partial charge is 0.293 e. The van der Waals surface area contributed by atoms with Gasteiger partial charge in [0.15, 0.2) is 11.5 Å². The first-order valence-corrected chi connectivity index (χ1v) is 11.7. The molecular weight excluding hydrogens is 500 g/mol. The molecule has 0 unspecified atom stereocenters. The van der Waals surface area contributed by atoms with Gasteiger partial charge in [-0.2, -0.15) is 0 Å². The molecule has 0 aliphatic carbocycles. The van der Waals surface area contributed by atoms with E-state index in [1.165, 1.54) is 31.4 Å². The van der Waals surface area contributed by atoms with E-state index >= 15 is 0 Å². The molecule has 0 radical (unpaired) electrons. The minimum absolute atomic E-state index is 0.0544. The summed E-state index contributed by atoms with van der Waals surface area (Å²) >= 11 is 13.0. The summed E-state index contributed by atoms with van der Waals surface area (Å²) in [7, 11) is 1.51. The Morgan fingerprint density at radius 1 is 1.06 bits per heavy atom. The van der Waals surface area contributed by atoms with Gasteiger partial charge in [0.05, 0.1) is 18.6 Å². The minimum Gasteiger partial charge on any atom is -0.493 e. The average Bonchev–Trinajstić information content (AvgIpc) is 3.07. The molecule has 0 N–H and O–H groups in total. The lowest BCUT2D eigenvalue weighted by Gasteiger charge is -2.15. The summed E-state index contributed by atoms with van der Waals surface area (Å²) < 4.78 is 24.6. The Kier molecular flexibility index (Phi) is 7.46. The highest BCUT2D eigenvalue weighted by atomic mass is 35.5. The molecule has 2 amide bonds. The predicted molar refractivity (Wildman–Crippen MR) is 132 cm³/mol. The normalized spacial score (nSPS) is 14.7. The van der Waals surface area contributed by atoms with E-state index in [2.05, 4.69) is 0 Å². The van der Waals surface area contributed by atoms with Crippen LogP contribution in [0.3, 0.4) is 0 Å². The van der Waals surface area contributed by atoms with Crippen LogP contribution in [0.4, 0.5) is 9.18 Å². The van der Waals surface area contributed by atoms with Crippen LogP contribution in [0, 0.1) is 5.82 Å². The SMILES string of the molecule is COc1cccc(/C=C2/SC(=O)N(Cc3ccc(F)cc3)C2=O)c1OCc1ccc(Cl)cc1Cl. The first-order chi connectivity index (χ1) is 16.4. The Labute approximate surface area is 210 Å². The molecule has 3 aromatic carbocycles. The van der Waals surface area contributed by atoms with Crippen molar-refractivity contribution in [3.63, 3.8) is 0 Å². The molecule has 5 nitrogen and oxygen atoms in total. The number of para-hydroxylation sites is 1. The number of hydrogen-bond donors (Lipinski definition) is 0. The summed E-state index contributed by atoms with van der Waals surface area (Å²) in [6, 6.07) is 16.0.